The molecule has 4 aromatic rings. The van der Waals surface area contributed by atoms with Crippen molar-refractivity contribution in [2.24, 2.45) is 0 Å². The molecule has 9 heteroatoms. The lowest BCUT2D eigenvalue weighted by Gasteiger charge is -2.08. The Balaban J connectivity index is 1.52. The van der Waals surface area contributed by atoms with E-state index < -0.39 is 5.82 Å². The number of allylic oxidation sites excluding steroid dienone is 1. The molecular formula is C22H18BrFN4O2S. The van der Waals surface area contributed by atoms with E-state index in [1.807, 2.05) is 28.8 Å². The van der Waals surface area contributed by atoms with Crippen LogP contribution in [0, 0.1) is 12.7 Å². The molecular weight excluding hydrogens is 483 g/mol. The van der Waals surface area contributed by atoms with Crippen LogP contribution in [-0.4, -0.2) is 26.4 Å². The summed E-state index contributed by atoms with van der Waals surface area (Å²) in [7, 11) is 0. The van der Waals surface area contributed by atoms with Crippen molar-refractivity contribution in [3.8, 4) is 11.6 Å². The van der Waals surface area contributed by atoms with Gasteiger partial charge in [0.1, 0.15) is 11.4 Å². The molecule has 2 aromatic heterocycles. The van der Waals surface area contributed by atoms with Gasteiger partial charge in [0.15, 0.2) is 10.9 Å². The van der Waals surface area contributed by atoms with E-state index in [-0.39, 0.29) is 17.3 Å². The van der Waals surface area contributed by atoms with Crippen LogP contribution >= 0.6 is 27.7 Å². The number of aryl methyl sites for hydroxylation is 1. The molecule has 2 aromatic carbocycles. The summed E-state index contributed by atoms with van der Waals surface area (Å²) in [4.78, 5) is 12.3. The summed E-state index contributed by atoms with van der Waals surface area (Å²) in [5.41, 5.74) is 1.67. The Hall–Kier alpha value is -2.91. The standard InChI is InChI=1S/C22H18BrFN4O2S/c1-3-8-28-21(19-11-14-10-15(23)5-7-18(14)30-19)26-27-22(28)31-12-20(29)25-17-6-4-13(2)9-16(17)24/h3-7,9-11H,1,8,12H2,2H3,(H,25,29). The maximum Gasteiger partial charge on any atom is 0.234 e. The molecule has 4 rings (SSSR count). The number of hydrogen-bond acceptors (Lipinski definition) is 5. The van der Waals surface area contributed by atoms with Gasteiger partial charge in [0.25, 0.3) is 0 Å². The molecule has 0 aliphatic carbocycles. The molecule has 0 saturated carbocycles. The summed E-state index contributed by atoms with van der Waals surface area (Å²) in [5, 5.41) is 12.5. The van der Waals surface area contributed by atoms with Gasteiger partial charge in [0.05, 0.1) is 11.4 Å². The van der Waals surface area contributed by atoms with Crippen LogP contribution in [0.1, 0.15) is 5.56 Å². The largest absolute Gasteiger partial charge is 0.453 e. The van der Waals surface area contributed by atoms with Crippen LogP contribution in [-0.2, 0) is 11.3 Å². The first kappa shape index (κ1) is 21.3. The Kier molecular flexibility index (Phi) is 6.24. The van der Waals surface area contributed by atoms with Gasteiger partial charge in [-0.05, 0) is 48.9 Å². The Bertz CT molecular complexity index is 1280. The molecule has 0 unspecified atom stereocenters. The number of amides is 1. The van der Waals surface area contributed by atoms with E-state index in [0.29, 0.717) is 23.3 Å². The van der Waals surface area contributed by atoms with Crippen molar-refractivity contribution in [1.82, 2.24) is 14.8 Å². The van der Waals surface area contributed by atoms with Gasteiger partial charge in [-0.25, -0.2) is 4.39 Å². The topological polar surface area (TPSA) is 73.0 Å². The molecule has 0 atom stereocenters. The van der Waals surface area contributed by atoms with E-state index in [1.165, 1.54) is 17.8 Å². The molecule has 6 nitrogen and oxygen atoms in total. The number of anilines is 1. The van der Waals surface area contributed by atoms with Gasteiger partial charge in [-0.2, -0.15) is 0 Å². The maximum absolute atomic E-state index is 14.0. The highest BCUT2D eigenvalue weighted by molar-refractivity contribution is 9.10. The Morgan fingerprint density at radius 2 is 2.13 bits per heavy atom. The number of thioether (sulfide) groups is 1. The highest BCUT2D eigenvalue weighted by Gasteiger charge is 2.18. The lowest BCUT2D eigenvalue weighted by Crippen LogP contribution is -2.15. The Labute approximate surface area is 190 Å². The summed E-state index contributed by atoms with van der Waals surface area (Å²) in [5.74, 6) is 0.360. The van der Waals surface area contributed by atoms with Crippen molar-refractivity contribution < 1.29 is 13.6 Å². The third-order valence-electron chi connectivity index (χ3n) is 4.46. The van der Waals surface area contributed by atoms with Crippen molar-refractivity contribution in [1.29, 1.82) is 0 Å². The monoisotopic (exact) mass is 500 g/mol. The number of hydrogen-bond donors (Lipinski definition) is 1. The zero-order valence-corrected chi connectivity index (χ0v) is 19.0. The molecule has 1 amide bonds. The third-order valence-corrected chi connectivity index (χ3v) is 5.92. The van der Waals surface area contributed by atoms with Gasteiger partial charge in [-0.15, -0.1) is 16.8 Å². The van der Waals surface area contributed by atoms with Crippen LogP contribution in [0.2, 0.25) is 0 Å². The molecule has 31 heavy (non-hydrogen) atoms. The summed E-state index contributed by atoms with van der Waals surface area (Å²) in [6, 6.07) is 12.3. The van der Waals surface area contributed by atoms with Crippen LogP contribution in [0.4, 0.5) is 10.1 Å². The number of carbonyl (C=O) groups is 1. The maximum atomic E-state index is 14.0. The van der Waals surface area contributed by atoms with Gasteiger partial charge in [-0.3, -0.25) is 9.36 Å². The fourth-order valence-electron chi connectivity index (χ4n) is 3.03. The average Bonchev–Trinajstić information content (AvgIpc) is 3.32. The van der Waals surface area contributed by atoms with E-state index in [9.17, 15) is 9.18 Å². The van der Waals surface area contributed by atoms with Crippen LogP contribution in [0.25, 0.3) is 22.6 Å². The number of nitrogens with one attached hydrogen (secondary N) is 1. The van der Waals surface area contributed by atoms with E-state index in [4.69, 9.17) is 4.42 Å². The van der Waals surface area contributed by atoms with Crippen molar-refractivity contribution in [2.45, 2.75) is 18.6 Å². The van der Waals surface area contributed by atoms with E-state index in [2.05, 4.69) is 38.0 Å². The smallest absolute Gasteiger partial charge is 0.234 e. The summed E-state index contributed by atoms with van der Waals surface area (Å²) >= 11 is 4.66. The SMILES string of the molecule is C=CCn1c(SCC(=O)Nc2ccc(C)cc2F)nnc1-c1cc2cc(Br)ccc2o1. The molecule has 2 heterocycles. The van der Waals surface area contributed by atoms with Gasteiger partial charge < -0.3 is 9.73 Å². The van der Waals surface area contributed by atoms with Gasteiger partial charge >= 0.3 is 0 Å². The average molecular weight is 501 g/mol. The molecule has 0 aliphatic heterocycles. The molecule has 158 valence electrons. The fourth-order valence-corrected chi connectivity index (χ4v) is 4.16. The summed E-state index contributed by atoms with van der Waals surface area (Å²) in [6.45, 7) is 6.02. The number of furan rings is 1. The minimum absolute atomic E-state index is 0.0513. The predicted octanol–water partition coefficient (Wildman–Crippen LogP) is 5.82. The van der Waals surface area contributed by atoms with Crippen molar-refractivity contribution in [2.75, 3.05) is 11.1 Å². The second-order valence-electron chi connectivity index (χ2n) is 6.82. The number of rotatable bonds is 7. The number of carbonyl (C=O) groups excluding carboxylic acids is 1. The first-order chi connectivity index (χ1) is 14.9. The molecule has 0 fully saturated rings. The van der Waals surface area contributed by atoms with Crippen molar-refractivity contribution in [3.05, 3.63) is 71.0 Å². The van der Waals surface area contributed by atoms with Crippen LogP contribution in [0.15, 0.2) is 69.2 Å². The quantitative estimate of drug-likeness (QED) is 0.255. The van der Waals surface area contributed by atoms with E-state index in [1.54, 1.807) is 25.1 Å². The van der Waals surface area contributed by atoms with Crippen molar-refractivity contribution >= 4 is 50.3 Å². The highest BCUT2D eigenvalue weighted by Crippen LogP contribution is 2.31. The fraction of sp³-hybridized carbons (Fsp3) is 0.136. The van der Waals surface area contributed by atoms with Crippen LogP contribution in [0.3, 0.4) is 0 Å². The minimum atomic E-state index is -0.466. The minimum Gasteiger partial charge on any atom is -0.453 e. The molecule has 0 bridgehead atoms. The molecule has 0 saturated heterocycles. The number of halogens is 2. The zero-order chi connectivity index (χ0) is 22.0. The van der Waals surface area contributed by atoms with Gasteiger partial charge in [0.2, 0.25) is 11.7 Å². The lowest BCUT2D eigenvalue weighted by atomic mass is 10.2. The zero-order valence-electron chi connectivity index (χ0n) is 16.6. The molecule has 0 spiro atoms. The molecule has 1 N–H and O–H groups in total. The number of nitrogens with zero attached hydrogens (tertiary/aromatic N) is 3. The second-order valence-corrected chi connectivity index (χ2v) is 8.68. The summed E-state index contributed by atoms with van der Waals surface area (Å²) < 4.78 is 22.7. The third kappa shape index (κ3) is 4.72. The number of fused-ring (bicyclic) bond motifs is 1. The molecule has 0 aliphatic rings. The first-order valence-electron chi connectivity index (χ1n) is 9.37. The normalized spacial score (nSPS) is 11.1. The van der Waals surface area contributed by atoms with Gasteiger partial charge in [-0.1, -0.05) is 39.8 Å². The van der Waals surface area contributed by atoms with E-state index in [0.717, 1.165) is 21.0 Å². The van der Waals surface area contributed by atoms with Crippen molar-refractivity contribution in [3.63, 3.8) is 0 Å². The second kappa shape index (κ2) is 9.07. The molecule has 0 radical (unpaired) electrons. The van der Waals surface area contributed by atoms with Gasteiger partial charge in [0, 0.05) is 16.4 Å². The number of benzene rings is 2. The van der Waals surface area contributed by atoms with E-state index >= 15 is 0 Å². The van der Waals surface area contributed by atoms with Crippen LogP contribution in [0.5, 0.6) is 0 Å². The van der Waals surface area contributed by atoms with Crippen LogP contribution < -0.4 is 5.32 Å². The lowest BCUT2D eigenvalue weighted by molar-refractivity contribution is -0.113. The number of aromatic nitrogens is 3. The first-order valence-corrected chi connectivity index (χ1v) is 11.1. The Morgan fingerprint density at radius 3 is 2.90 bits per heavy atom. The summed E-state index contributed by atoms with van der Waals surface area (Å²) in [6.07, 6.45) is 1.72. The Morgan fingerprint density at radius 1 is 1.29 bits per heavy atom. The highest BCUT2D eigenvalue weighted by atomic mass is 79.9. The predicted molar refractivity (Wildman–Crippen MR) is 124 cm³/mol.